The summed E-state index contributed by atoms with van der Waals surface area (Å²) in [6.45, 7) is 3.71. The predicted octanol–water partition coefficient (Wildman–Crippen LogP) is 1.84. The summed E-state index contributed by atoms with van der Waals surface area (Å²) in [5, 5.41) is 9.20. The molecule has 1 aromatic rings. The molecule has 6 heteroatoms. The van der Waals surface area contributed by atoms with Gasteiger partial charge < -0.3 is 5.11 Å². The Bertz CT molecular complexity index is 633. The van der Waals surface area contributed by atoms with Crippen LogP contribution in [0.3, 0.4) is 0 Å². The van der Waals surface area contributed by atoms with Crippen LogP contribution < -0.4 is 4.72 Å². The van der Waals surface area contributed by atoms with Gasteiger partial charge in [-0.1, -0.05) is 12.5 Å². The Kier molecular flexibility index (Phi) is 3.88. The Morgan fingerprint density at radius 3 is 2.40 bits per heavy atom. The first-order valence-corrected chi connectivity index (χ1v) is 8.05. The molecule has 0 bridgehead atoms. The van der Waals surface area contributed by atoms with Crippen LogP contribution in [0.1, 0.15) is 30.4 Å². The molecule has 0 unspecified atom stereocenters. The molecule has 0 amide bonds. The molecule has 0 aromatic heterocycles. The third kappa shape index (κ3) is 2.71. The lowest BCUT2D eigenvalue weighted by Gasteiger charge is -2.37. The maximum absolute atomic E-state index is 12.2. The summed E-state index contributed by atoms with van der Waals surface area (Å²) < 4.78 is 26.8. The quantitative estimate of drug-likeness (QED) is 0.868. The number of carboxylic acids is 1. The van der Waals surface area contributed by atoms with Crippen LogP contribution in [0.5, 0.6) is 0 Å². The van der Waals surface area contributed by atoms with E-state index >= 15 is 0 Å². The van der Waals surface area contributed by atoms with E-state index in [1.54, 1.807) is 18.2 Å². The maximum Gasteiger partial charge on any atom is 0.310 e. The van der Waals surface area contributed by atoms with Gasteiger partial charge in [0, 0.05) is 6.54 Å². The van der Waals surface area contributed by atoms with Crippen LogP contribution in [0.25, 0.3) is 0 Å². The molecule has 5 nitrogen and oxygen atoms in total. The first kappa shape index (κ1) is 15.0. The van der Waals surface area contributed by atoms with Crippen molar-refractivity contribution < 1.29 is 18.3 Å². The largest absolute Gasteiger partial charge is 0.481 e. The van der Waals surface area contributed by atoms with Crippen LogP contribution in [0.15, 0.2) is 23.1 Å². The van der Waals surface area contributed by atoms with Crippen LogP contribution >= 0.6 is 0 Å². The normalized spacial score (nSPS) is 17.5. The van der Waals surface area contributed by atoms with Crippen LogP contribution in [0, 0.1) is 19.3 Å². The van der Waals surface area contributed by atoms with Gasteiger partial charge >= 0.3 is 5.97 Å². The summed E-state index contributed by atoms with van der Waals surface area (Å²) in [6.07, 6.45) is 1.88. The Morgan fingerprint density at radius 2 is 1.95 bits per heavy atom. The lowest BCUT2D eigenvalue weighted by atomic mass is 9.69. The number of aryl methyl sites for hydroxylation is 2. The maximum atomic E-state index is 12.2. The lowest BCUT2D eigenvalue weighted by molar-refractivity contribution is -0.153. The van der Waals surface area contributed by atoms with Gasteiger partial charge in [0.2, 0.25) is 10.0 Å². The van der Waals surface area contributed by atoms with Crippen molar-refractivity contribution in [3.63, 3.8) is 0 Å². The molecular weight excluding hydrogens is 278 g/mol. The van der Waals surface area contributed by atoms with Gasteiger partial charge in [-0.15, -0.1) is 0 Å². The van der Waals surface area contributed by atoms with E-state index in [0.29, 0.717) is 12.8 Å². The summed E-state index contributed by atoms with van der Waals surface area (Å²) >= 11 is 0. The van der Waals surface area contributed by atoms with Crippen molar-refractivity contribution in [1.82, 2.24) is 4.72 Å². The molecule has 2 rings (SSSR count). The first-order valence-electron chi connectivity index (χ1n) is 6.57. The molecule has 1 fully saturated rings. The van der Waals surface area contributed by atoms with Gasteiger partial charge in [0.05, 0.1) is 10.3 Å². The van der Waals surface area contributed by atoms with E-state index in [2.05, 4.69) is 4.72 Å². The number of carbonyl (C=O) groups is 1. The van der Waals surface area contributed by atoms with Gasteiger partial charge in [-0.05, 0) is 49.9 Å². The molecule has 1 aliphatic carbocycles. The molecule has 0 atom stereocenters. The second-order valence-electron chi connectivity index (χ2n) is 5.51. The summed E-state index contributed by atoms with van der Waals surface area (Å²) in [6, 6.07) is 4.89. The van der Waals surface area contributed by atoms with Crippen LogP contribution in [-0.4, -0.2) is 26.0 Å². The van der Waals surface area contributed by atoms with Gasteiger partial charge in [0.1, 0.15) is 0 Å². The minimum Gasteiger partial charge on any atom is -0.481 e. The highest BCUT2D eigenvalue weighted by molar-refractivity contribution is 7.89. The third-order valence-corrected chi connectivity index (χ3v) is 5.55. The fourth-order valence-corrected chi connectivity index (χ4v) is 3.48. The van der Waals surface area contributed by atoms with E-state index in [-0.39, 0.29) is 11.4 Å². The number of aliphatic carboxylic acids is 1. The predicted molar refractivity (Wildman–Crippen MR) is 75.0 cm³/mol. The molecule has 0 radical (unpaired) electrons. The molecule has 1 saturated carbocycles. The minimum absolute atomic E-state index is 0.0441. The standard InChI is InChI=1S/C14H19NO4S/c1-10-4-5-12(8-11(10)2)20(18,19)15-9-14(13(16)17)6-3-7-14/h4-5,8,15H,3,6-7,9H2,1-2H3,(H,16,17). The van der Waals surface area contributed by atoms with E-state index < -0.39 is 21.4 Å². The Balaban J connectivity index is 2.15. The molecule has 0 saturated heterocycles. The number of nitrogens with one attached hydrogen (secondary N) is 1. The van der Waals surface area contributed by atoms with Crippen molar-refractivity contribution in [3.8, 4) is 0 Å². The zero-order valence-electron chi connectivity index (χ0n) is 11.6. The van der Waals surface area contributed by atoms with Crippen molar-refractivity contribution in [1.29, 1.82) is 0 Å². The number of sulfonamides is 1. The second-order valence-corrected chi connectivity index (χ2v) is 7.28. The van der Waals surface area contributed by atoms with Crippen LogP contribution in [-0.2, 0) is 14.8 Å². The fraction of sp³-hybridized carbons (Fsp3) is 0.500. The molecule has 1 aromatic carbocycles. The Morgan fingerprint density at radius 1 is 1.30 bits per heavy atom. The highest BCUT2D eigenvalue weighted by Crippen LogP contribution is 2.40. The number of carboxylic acid groups (broad SMARTS) is 1. The number of benzene rings is 1. The van der Waals surface area contributed by atoms with Crippen LogP contribution in [0.4, 0.5) is 0 Å². The summed E-state index contributed by atoms with van der Waals surface area (Å²) in [4.78, 5) is 11.4. The topological polar surface area (TPSA) is 83.5 Å². The molecule has 0 spiro atoms. The zero-order valence-corrected chi connectivity index (χ0v) is 12.5. The average molecular weight is 297 g/mol. The average Bonchev–Trinajstić information content (AvgIpc) is 2.30. The van der Waals surface area contributed by atoms with Gasteiger partial charge in [0.15, 0.2) is 0 Å². The fourth-order valence-electron chi connectivity index (χ4n) is 2.27. The molecule has 2 N–H and O–H groups in total. The Labute approximate surface area is 119 Å². The summed E-state index contributed by atoms with van der Waals surface area (Å²) in [5.41, 5.74) is 0.988. The molecular formula is C14H19NO4S. The number of hydrogen-bond donors (Lipinski definition) is 2. The molecule has 20 heavy (non-hydrogen) atoms. The second kappa shape index (κ2) is 5.18. The number of rotatable bonds is 5. The highest BCUT2D eigenvalue weighted by atomic mass is 32.2. The number of hydrogen-bond acceptors (Lipinski definition) is 3. The Hall–Kier alpha value is -1.40. The first-order chi connectivity index (χ1) is 9.27. The lowest BCUT2D eigenvalue weighted by Crippen LogP contribution is -2.47. The summed E-state index contributed by atoms with van der Waals surface area (Å²) in [7, 11) is -3.66. The molecule has 0 heterocycles. The van der Waals surface area contributed by atoms with E-state index in [1.807, 2.05) is 13.8 Å². The molecule has 1 aliphatic rings. The SMILES string of the molecule is Cc1ccc(S(=O)(=O)NCC2(C(=O)O)CCC2)cc1C. The van der Waals surface area contributed by atoms with Gasteiger partial charge in [-0.2, -0.15) is 0 Å². The van der Waals surface area contributed by atoms with Crippen molar-refractivity contribution >= 4 is 16.0 Å². The van der Waals surface area contributed by atoms with Gasteiger partial charge in [-0.3, -0.25) is 4.79 Å². The van der Waals surface area contributed by atoms with Crippen molar-refractivity contribution in [3.05, 3.63) is 29.3 Å². The highest BCUT2D eigenvalue weighted by Gasteiger charge is 2.44. The van der Waals surface area contributed by atoms with Gasteiger partial charge in [0.25, 0.3) is 0 Å². The van der Waals surface area contributed by atoms with Crippen LogP contribution in [0.2, 0.25) is 0 Å². The summed E-state index contributed by atoms with van der Waals surface area (Å²) in [5.74, 6) is -0.925. The smallest absolute Gasteiger partial charge is 0.310 e. The third-order valence-electron chi connectivity index (χ3n) is 4.15. The molecule has 0 aliphatic heterocycles. The zero-order chi connectivity index (χ0) is 15.0. The van der Waals surface area contributed by atoms with Crippen molar-refractivity contribution in [2.24, 2.45) is 5.41 Å². The van der Waals surface area contributed by atoms with Crippen molar-refractivity contribution in [2.45, 2.75) is 38.0 Å². The molecule has 110 valence electrons. The monoisotopic (exact) mass is 297 g/mol. The van der Waals surface area contributed by atoms with E-state index in [4.69, 9.17) is 0 Å². The van der Waals surface area contributed by atoms with E-state index in [0.717, 1.165) is 17.5 Å². The minimum atomic E-state index is -3.66. The van der Waals surface area contributed by atoms with Crippen molar-refractivity contribution in [2.75, 3.05) is 6.54 Å². The van der Waals surface area contributed by atoms with E-state index in [9.17, 15) is 18.3 Å². The van der Waals surface area contributed by atoms with Gasteiger partial charge in [-0.25, -0.2) is 13.1 Å². The van der Waals surface area contributed by atoms with E-state index in [1.165, 1.54) is 0 Å².